The second-order valence-electron chi connectivity index (χ2n) is 14.8. The number of carbonyl (C=O) groups excluding carboxylic acids is 3. The molecule has 1 aliphatic carbocycles. The van der Waals surface area contributed by atoms with E-state index < -0.39 is 28.5 Å². The molecule has 2 aromatic rings. The van der Waals surface area contributed by atoms with Gasteiger partial charge in [-0.1, -0.05) is 73.5 Å². The molecule has 9 nitrogen and oxygen atoms in total. The normalized spacial score (nSPS) is 20.3. The Balaban J connectivity index is 0.000000252. The molecule has 262 valence electrons. The predicted molar refractivity (Wildman–Crippen MR) is 186 cm³/mol. The van der Waals surface area contributed by atoms with Crippen molar-refractivity contribution in [3.8, 4) is 0 Å². The van der Waals surface area contributed by atoms with Crippen molar-refractivity contribution in [3.05, 3.63) is 71.8 Å². The van der Waals surface area contributed by atoms with E-state index in [-0.39, 0.29) is 30.8 Å². The highest BCUT2D eigenvalue weighted by Gasteiger charge is 2.39. The summed E-state index contributed by atoms with van der Waals surface area (Å²) in [5.74, 6) is 0.103. The van der Waals surface area contributed by atoms with Crippen LogP contribution in [-0.2, 0) is 27.1 Å². The summed E-state index contributed by atoms with van der Waals surface area (Å²) < 4.78 is 10.4. The molecule has 1 saturated carbocycles. The van der Waals surface area contributed by atoms with Crippen molar-refractivity contribution in [2.75, 3.05) is 26.2 Å². The van der Waals surface area contributed by atoms with Gasteiger partial charge in [-0.05, 0) is 71.9 Å². The zero-order valence-corrected chi connectivity index (χ0v) is 29.8. The summed E-state index contributed by atoms with van der Waals surface area (Å²) in [6.45, 7) is 12.5. The number of β-amino-alcohol motifs (C(OH)–C–C–N with tert-alkyl or cyclic N) is 1. The smallest absolute Gasteiger partial charge is 0.410 e. The molecule has 47 heavy (non-hydrogen) atoms. The molecule has 5 rings (SSSR count). The molecule has 10 heteroatoms. The molecule has 3 aliphatic rings. The lowest BCUT2D eigenvalue weighted by molar-refractivity contribution is -0.117. The monoisotopic (exact) mass is 674 g/mol. The van der Waals surface area contributed by atoms with Gasteiger partial charge in [-0.3, -0.25) is 4.79 Å². The van der Waals surface area contributed by atoms with Gasteiger partial charge in [-0.2, -0.15) is 0 Å². The molecule has 3 fully saturated rings. The molecule has 1 atom stereocenters. The highest BCUT2D eigenvalue weighted by molar-refractivity contribution is 5.87. The minimum Gasteiger partial charge on any atom is -0.444 e. The summed E-state index contributed by atoms with van der Waals surface area (Å²) in [5.41, 5.74) is 0.104. The van der Waals surface area contributed by atoms with Crippen molar-refractivity contribution in [3.63, 3.8) is 0 Å². The fourth-order valence-corrected chi connectivity index (χ4v) is 5.76. The molecular formula is C37H55ClN2O7. The average Bonchev–Trinajstić information content (AvgIpc) is 3.69. The highest BCUT2D eigenvalue weighted by Crippen LogP contribution is 2.32. The van der Waals surface area contributed by atoms with Crippen LogP contribution in [0.15, 0.2) is 60.7 Å². The lowest BCUT2D eigenvalue weighted by Gasteiger charge is -2.26. The number of aliphatic hydroxyl groups is 2. The fraction of sp³-hybridized carbons (Fsp3) is 0.595. The summed E-state index contributed by atoms with van der Waals surface area (Å²) in [4.78, 5) is 37.3. The zero-order valence-electron chi connectivity index (χ0n) is 29.0. The van der Waals surface area contributed by atoms with E-state index in [0.717, 1.165) is 24.8 Å². The SMILES string of the molecule is CC(C)(C)OC(=O)N1CCC(=O)C1.CC(C)(C)OC(=O)N1CCC(O)(Cc2ccccc2)C1.Cl.OC1(Cc2ccccc2)CCCC1. The van der Waals surface area contributed by atoms with Crippen molar-refractivity contribution in [1.29, 1.82) is 0 Å². The van der Waals surface area contributed by atoms with Gasteiger partial charge in [0.05, 0.1) is 24.3 Å². The van der Waals surface area contributed by atoms with Crippen molar-refractivity contribution in [2.24, 2.45) is 0 Å². The van der Waals surface area contributed by atoms with Crippen molar-refractivity contribution in [1.82, 2.24) is 9.80 Å². The van der Waals surface area contributed by atoms with Crippen LogP contribution in [0.2, 0.25) is 0 Å². The summed E-state index contributed by atoms with van der Waals surface area (Å²) >= 11 is 0. The topological polar surface area (TPSA) is 117 Å². The van der Waals surface area contributed by atoms with Gasteiger partial charge >= 0.3 is 12.2 Å². The minimum absolute atomic E-state index is 0. The molecule has 2 saturated heterocycles. The Morgan fingerprint density at radius 3 is 1.57 bits per heavy atom. The lowest BCUT2D eigenvalue weighted by atomic mass is 9.93. The maximum Gasteiger partial charge on any atom is 0.410 e. The minimum atomic E-state index is -0.849. The molecule has 1 unspecified atom stereocenters. The molecule has 2 heterocycles. The Morgan fingerprint density at radius 2 is 1.15 bits per heavy atom. The van der Waals surface area contributed by atoms with Crippen LogP contribution in [0.1, 0.15) is 91.2 Å². The lowest BCUT2D eigenvalue weighted by Crippen LogP contribution is -2.40. The van der Waals surface area contributed by atoms with Crippen LogP contribution in [0.3, 0.4) is 0 Å². The van der Waals surface area contributed by atoms with E-state index in [4.69, 9.17) is 9.47 Å². The Morgan fingerprint density at radius 1 is 0.702 bits per heavy atom. The second kappa shape index (κ2) is 17.3. The zero-order chi connectivity index (χ0) is 34.0. The molecule has 2 N–H and O–H groups in total. The van der Waals surface area contributed by atoms with Gasteiger partial charge in [0.2, 0.25) is 0 Å². The number of Topliss-reactive ketones (excluding diaryl/α,β-unsaturated/α-hetero) is 1. The van der Waals surface area contributed by atoms with E-state index in [1.165, 1.54) is 23.3 Å². The molecule has 2 aliphatic heterocycles. The number of hydrogen-bond donors (Lipinski definition) is 2. The number of amides is 2. The Bertz CT molecular complexity index is 1270. The highest BCUT2D eigenvalue weighted by atomic mass is 35.5. The van der Waals surface area contributed by atoms with E-state index in [2.05, 4.69) is 12.1 Å². The van der Waals surface area contributed by atoms with Crippen LogP contribution >= 0.6 is 12.4 Å². The van der Waals surface area contributed by atoms with Crippen molar-refractivity contribution >= 4 is 30.4 Å². The molecular weight excluding hydrogens is 620 g/mol. The number of carbonyl (C=O) groups is 3. The van der Waals surface area contributed by atoms with Gasteiger partial charge in [-0.15, -0.1) is 12.4 Å². The van der Waals surface area contributed by atoms with Gasteiger partial charge < -0.3 is 29.5 Å². The predicted octanol–water partition coefficient (Wildman–Crippen LogP) is 6.75. The van der Waals surface area contributed by atoms with Gasteiger partial charge in [0.15, 0.2) is 5.78 Å². The first-order valence-corrected chi connectivity index (χ1v) is 16.4. The Kier molecular flexibility index (Phi) is 14.7. The van der Waals surface area contributed by atoms with Crippen LogP contribution in [0.4, 0.5) is 9.59 Å². The first kappa shape index (κ1) is 40.0. The van der Waals surface area contributed by atoms with Crippen LogP contribution in [0, 0.1) is 0 Å². The Hall–Kier alpha value is -3.14. The summed E-state index contributed by atoms with van der Waals surface area (Å²) in [5, 5.41) is 20.8. The number of nitrogens with zero attached hydrogens (tertiary/aromatic N) is 2. The number of ketones is 1. The summed E-state index contributed by atoms with van der Waals surface area (Å²) in [7, 11) is 0. The number of rotatable bonds is 4. The van der Waals surface area contributed by atoms with Crippen LogP contribution in [-0.4, -0.2) is 86.6 Å². The maximum atomic E-state index is 12.0. The number of benzene rings is 2. The molecule has 0 bridgehead atoms. The molecule has 2 aromatic carbocycles. The standard InChI is InChI=1S/C16H23NO3.C12H16O.C9H15NO3.ClH/c1-15(2,3)20-14(18)17-10-9-16(19,12-17)11-13-7-5-4-6-8-13;13-12(8-4-5-9-12)10-11-6-2-1-3-7-11;1-9(2,3)13-8(12)10-5-4-7(11)6-10;/h4-8,19H,9-12H2,1-3H3;1-3,6-7,13H,4-5,8-10H2;4-6H2,1-3H3;1H. The third-order valence-electron chi connectivity index (χ3n) is 7.95. The quantitative estimate of drug-likeness (QED) is 0.368. The van der Waals surface area contributed by atoms with Crippen LogP contribution in [0.5, 0.6) is 0 Å². The van der Waals surface area contributed by atoms with E-state index in [1.54, 1.807) is 4.90 Å². The number of ether oxygens (including phenoxy) is 2. The number of likely N-dealkylation sites (tertiary alicyclic amines) is 2. The maximum absolute atomic E-state index is 12.0. The third kappa shape index (κ3) is 14.7. The van der Waals surface area contributed by atoms with E-state index in [1.807, 2.05) is 90.1 Å². The second-order valence-corrected chi connectivity index (χ2v) is 14.8. The van der Waals surface area contributed by atoms with Gasteiger partial charge in [-0.25, -0.2) is 9.59 Å². The first-order chi connectivity index (χ1) is 21.4. The fourth-order valence-electron chi connectivity index (χ4n) is 5.76. The van der Waals surface area contributed by atoms with Gasteiger partial charge in [0.25, 0.3) is 0 Å². The first-order valence-electron chi connectivity index (χ1n) is 16.4. The molecule has 0 aromatic heterocycles. The number of hydrogen-bond acceptors (Lipinski definition) is 7. The van der Waals surface area contributed by atoms with E-state index in [0.29, 0.717) is 38.9 Å². The van der Waals surface area contributed by atoms with E-state index in [9.17, 15) is 24.6 Å². The Labute approximate surface area is 287 Å². The largest absolute Gasteiger partial charge is 0.444 e. The van der Waals surface area contributed by atoms with Gasteiger partial charge in [0.1, 0.15) is 11.2 Å². The van der Waals surface area contributed by atoms with E-state index >= 15 is 0 Å². The van der Waals surface area contributed by atoms with Crippen molar-refractivity contribution in [2.45, 2.75) is 115 Å². The molecule has 0 spiro atoms. The van der Waals surface area contributed by atoms with Crippen LogP contribution in [0.25, 0.3) is 0 Å². The summed E-state index contributed by atoms with van der Waals surface area (Å²) in [6.07, 6.45) is 6.01. The average molecular weight is 675 g/mol. The van der Waals surface area contributed by atoms with Crippen LogP contribution < -0.4 is 0 Å². The summed E-state index contributed by atoms with van der Waals surface area (Å²) in [6, 6.07) is 20.1. The third-order valence-corrected chi connectivity index (χ3v) is 7.95. The molecule has 2 amide bonds. The van der Waals surface area contributed by atoms with Gasteiger partial charge in [0, 0.05) is 32.4 Å². The molecule has 0 radical (unpaired) electrons. The number of halogens is 1. The van der Waals surface area contributed by atoms with Crippen molar-refractivity contribution < 1.29 is 34.1 Å².